The molecule has 2 N–H and O–H groups in total. The quantitative estimate of drug-likeness (QED) is 0.656. The Bertz CT molecular complexity index is 613. The highest BCUT2D eigenvalue weighted by molar-refractivity contribution is 5.98. The van der Waals surface area contributed by atoms with Gasteiger partial charge in [0.1, 0.15) is 0 Å². The molecule has 0 unspecified atom stereocenters. The number of benzene rings is 1. The molecule has 0 radical (unpaired) electrons. The third-order valence-corrected chi connectivity index (χ3v) is 5.01. The van der Waals surface area contributed by atoms with E-state index in [2.05, 4.69) is 47.6 Å². The monoisotopic (exact) mass is 362 g/mol. The number of hydrogen-bond donors (Lipinski definition) is 2. The number of rotatable bonds is 7. The Balaban J connectivity index is 3.52. The van der Waals surface area contributed by atoms with Gasteiger partial charge in [-0.2, -0.15) is 0 Å². The van der Waals surface area contributed by atoms with E-state index in [1.165, 1.54) is 0 Å². The molecule has 4 heteroatoms. The van der Waals surface area contributed by atoms with Crippen molar-refractivity contribution in [2.45, 2.75) is 85.0 Å². The fourth-order valence-electron chi connectivity index (χ4n) is 3.03. The Kier molecular flexibility index (Phi) is 6.67. The maximum Gasteiger partial charge on any atom is 0.321 e. The zero-order valence-corrected chi connectivity index (χ0v) is 17.3. The Labute approximate surface area is 157 Å². The van der Waals surface area contributed by atoms with Crippen molar-refractivity contribution < 1.29 is 19.8 Å². The fraction of sp³-hybridized carbons (Fsp3) is 0.636. The van der Waals surface area contributed by atoms with Gasteiger partial charge in [-0.15, -0.1) is 0 Å². The molecule has 0 aliphatic carbocycles. The molecule has 1 rings (SSSR count). The zero-order chi connectivity index (χ0) is 20.3. The maximum atomic E-state index is 12.0. The van der Waals surface area contributed by atoms with E-state index in [0.717, 1.165) is 23.1 Å². The standard InChI is InChI=1S/C22H34O4/c1-8-9-10-22(18(23)24,19(25)26)14-15-11-16(20(2,3)4)13-17(12-15)21(5,6)7/h11-13H,8-10,14H2,1-7H3,(H,23,24)(H,25,26). The zero-order valence-electron chi connectivity index (χ0n) is 17.3. The molecule has 0 aromatic heterocycles. The van der Waals surface area contributed by atoms with E-state index >= 15 is 0 Å². The van der Waals surface area contributed by atoms with Crippen LogP contribution in [0, 0.1) is 5.41 Å². The van der Waals surface area contributed by atoms with E-state index in [-0.39, 0.29) is 23.7 Å². The summed E-state index contributed by atoms with van der Waals surface area (Å²) in [6.45, 7) is 14.6. The highest BCUT2D eigenvalue weighted by Crippen LogP contribution is 2.35. The molecule has 0 saturated carbocycles. The molecule has 0 bridgehead atoms. The summed E-state index contributed by atoms with van der Waals surface area (Å²) in [7, 11) is 0. The van der Waals surface area contributed by atoms with Crippen LogP contribution in [0.25, 0.3) is 0 Å². The molecule has 4 nitrogen and oxygen atoms in total. The summed E-state index contributed by atoms with van der Waals surface area (Å²) >= 11 is 0. The average Bonchev–Trinajstić information content (AvgIpc) is 2.48. The number of aliphatic carboxylic acids is 2. The number of carboxylic acid groups (broad SMARTS) is 2. The number of carboxylic acids is 2. The van der Waals surface area contributed by atoms with Crippen molar-refractivity contribution in [3.05, 3.63) is 34.9 Å². The topological polar surface area (TPSA) is 74.6 Å². The Hall–Kier alpha value is -1.84. The molecule has 26 heavy (non-hydrogen) atoms. The van der Waals surface area contributed by atoms with Crippen LogP contribution in [0.5, 0.6) is 0 Å². The van der Waals surface area contributed by atoms with Crippen molar-refractivity contribution >= 4 is 11.9 Å². The van der Waals surface area contributed by atoms with Gasteiger partial charge in [-0.1, -0.05) is 79.5 Å². The highest BCUT2D eigenvalue weighted by Gasteiger charge is 2.46. The van der Waals surface area contributed by atoms with Gasteiger partial charge in [0.05, 0.1) is 0 Å². The Morgan fingerprint density at radius 2 is 1.27 bits per heavy atom. The minimum atomic E-state index is -1.78. The lowest BCUT2D eigenvalue weighted by molar-refractivity contribution is -0.165. The van der Waals surface area contributed by atoms with Gasteiger partial charge < -0.3 is 10.2 Å². The Morgan fingerprint density at radius 1 is 0.846 bits per heavy atom. The average molecular weight is 363 g/mol. The van der Waals surface area contributed by atoms with Crippen molar-refractivity contribution in [1.29, 1.82) is 0 Å². The molecule has 1 aromatic carbocycles. The molecule has 0 fully saturated rings. The van der Waals surface area contributed by atoms with Gasteiger partial charge in [-0.05, 0) is 40.4 Å². The molecule has 0 aliphatic heterocycles. The summed E-state index contributed by atoms with van der Waals surface area (Å²) in [5, 5.41) is 19.5. The molecule has 0 saturated heterocycles. The molecule has 1 aromatic rings. The number of carbonyl (C=O) groups is 2. The van der Waals surface area contributed by atoms with Gasteiger partial charge in [0.2, 0.25) is 0 Å². The number of hydrogen-bond acceptors (Lipinski definition) is 2. The SMILES string of the molecule is CCCCC(Cc1cc(C(C)(C)C)cc(C(C)(C)C)c1)(C(=O)O)C(=O)O. The lowest BCUT2D eigenvalue weighted by Gasteiger charge is -2.29. The second-order valence-corrected chi connectivity index (χ2v) is 9.39. The predicted molar refractivity (Wildman–Crippen MR) is 105 cm³/mol. The van der Waals surface area contributed by atoms with Crippen LogP contribution in [0.3, 0.4) is 0 Å². The maximum absolute atomic E-state index is 12.0. The second kappa shape index (κ2) is 7.81. The van der Waals surface area contributed by atoms with Crippen LogP contribution in [0.2, 0.25) is 0 Å². The van der Waals surface area contributed by atoms with Gasteiger partial charge in [-0.25, -0.2) is 0 Å². The summed E-state index contributed by atoms with van der Waals surface area (Å²) < 4.78 is 0. The van der Waals surface area contributed by atoms with Gasteiger partial charge in [-0.3, -0.25) is 9.59 Å². The van der Waals surface area contributed by atoms with Crippen LogP contribution in [0.15, 0.2) is 18.2 Å². The van der Waals surface area contributed by atoms with Crippen molar-refractivity contribution in [1.82, 2.24) is 0 Å². The third kappa shape index (κ3) is 5.09. The van der Waals surface area contributed by atoms with Crippen molar-refractivity contribution in [3.8, 4) is 0 Å². The van der Waals surface area contributed by atoms with Crippen molar-refractivity contribution in [2.75, 3.05) is 0 Å². The van der Waals surface area contributed by atoms with E-state index in [1.54, 1.807) is 0 Å². The summed E-state index contributed by atoms with van der Waals surface area (Å²) in [6.07, 6.45) is 1.48. The van der Waals surface area contributed by atoms with E-state index in [4.69, 9.17) is 0 Å². The molecular formula is C22H34O4. The molecular weight excluding hydrogens is 328 g/mol. The van der Waals surface area contributed by atoms with E-state index in [1.807, 2.05) is 19.1 Å². The third-order valence-electron chi connectivity index (χ3n) is 5.01. The summed E-state index contributed by atoms with van der Waals surface area (Å²) in [4.78, 5) is 23.9. The number of unbranched alkanes of at least 4 members (excludes halogenated alkanes) is 1. The van der Waals surface area contributed by atoms with Crippen LogP contribution in [-0.2, 0) is 26.8 Å². The Morgan fingerprint density at radius 3 is 1.58 bits per heavy atom. The van der Waals surface area contributed by atoms with Crippen LogP contribution >= 0.6 is 0 Å². The summed E-state index contributed by atoms with van der Waals surface area (Å²) in [6, 6.07) is 6.10. The van der Waals surface area contributed by atoms with Crippen LogP contribution < -0.4 is 0 Å². The summed E-state index contributed by atoms with van der Waals surface area (Å²) in [5.41, 5.74) is 0.994. The molecule has 146 valence electrons. The first-order valence-corrected chi connectivity index (χ1v) is 9.36. The minimum Gasteiger partial charge on any atom is -0.480 e. The van der Waals surface area contributed by atoms with E-state index in [9.17, 15) is 19.8 Å². The largest absolute Gasteiger partial charge is 0.480 e. The fourth-order valence-corrected chi connectivity index (χ4v) is 3.03. The first-order chi connectivity index (χ1) is 11.7. The second-order valence-electron chi connectivity index (χ2n) is 9.39. The normalized spacial score (nSPS) is 12.9. The minimum absolute atomic E-state index is 0.00463. The molecule has 0 aliphatic rings. The van der Waals surface area contributed by atoms with Crippen LogP contribution in [0.1, 0.15) is 84.4 Å². The lowest BCUT2D eigenvalue weighted by atomic mass is 9.74. The van der Waals surface area contributed by atoms with Gasteiger partial charge in [0.15, 0.2) is 5.41 Å². The molecule has 0 heterocycles. The van der Waals surface area contributed by atoms with E-state index < -0.39 is 17.4 Å². The first-order valence-electron chi connectivity index (χ1n) is 9.36. The predicted octanol–water partition coefficient (Wildman–Crippen LogP) is 5.17. The molecule has 0 atom stereocenters. The smallest absolute Gasteiger partial charge is 0.321 e. The van der Waals surface area contributed by atoms with Gasteiger partial charge in [0, 0.05) is 0 Å². The van der Waals surface area contributed by atoms with Gasteiger partial charge >= 0.3 is 11.9 Å². The van der Waals surface area contributed by atoms with Crippen molar-refractivity contribution in [2.24, 2.45) is 5.41 Å². The first kappa shape index (κ1) is 22.2. The summed E-state index contributed by atoms with van der Waals surface area (Å²) in [5.74, 6) is -2.51. The lowest BCUT2D eigenvalue weighted by Crippen LogP contribution is -2.41. The van der Waals surface area contributed by atoms with Gasteiger partial charge in [0.25, 0.3) is 0 Å². The molecule has 0 amide bonds. The van der Waals surface area contributed by atoms with E-state index in [0.29, 0.717) is 6.42 Å². The highest BCUT2D eigenvalue weighted by atomic mass is 16.4. The van der Waals surface area contributed by atoms with Crippen LogP contribution in [0.4, 0.5) is 0 Å². The van der Waals surface area contributed by atoms with Crippen molar-refractivity contribution in [3.63, 3.8) is 0 Å². The molecule has 0 spiro atoms. The van der Waals surface area contributed by atoms with Crippen LogP contribution in [-0.4, -0.2) is 22.2 Å².